The lowest BCUT2D eigenvalue weighted by atomic mass is 10.2. The molecule has 7 heteroatoms. The Balaban J connectivity index is 2.00. The maximum absolute atomic E-state index is 11.4. The van der Waals surface area contributed by atoms with Gasteiger partial charge in [0.2, 0.25) is 5.96 Å². The number of carboxylic acid groups (broad SMARTS) is 1. The number of carbonyl (C=O) groups excluding carboxylic acids is 1. The summed E-state index contributed by atoms with van der Waals surface area (Å²) in [4.78, 5) is 27.9. The topological polar surface area (TPSA) is 91.2 Å². The van der Waals surface area contributed by atoms with Gasteiger partial charge in [-0.3, -0.25) is 14.9 Å². The fourth-order valence-electron chi connectivity index (χ4n) is 1.67. The lowest BCUT2D eigenvalue weighted by molar-refractivity contribution is -0.139. The molecule has 16 heavy (non-hydrogen) atoms. The van der Waals surface area contributed by atoms with Crippen LogP contribution in [0.2, 0.25) is 0 Å². The van der Waals surface area contributed by atoms with Crippen molar-refractivity contribution in [2.24, 2.45) is 4.99 Å². The van der Waals surface area contributed by atoms with Crippen molar-refractivity contribution in [1.82, 2.24) is 10.2 Å². The van der Waals surface area contributed by atoms with Gasteiger partial charge in [0.1, 0.15) is 6.04 Å². The van der Waals surface area contributed by atoms with Crippen molar-refractivity contribution < 1.29 is 19.4 Å². The quantitative estimate of drug-likeness (QED) is 0.608. The van der Waals surface area contributed by atoms with E-state index in [1.165, 1.54) is 0 Å². The highest BCUT2D eigenvalue weighted by Crippen LogP contribution is 2.09. The van der Waals surface area contributed by atoms with Crippen molar-refractivity contribution in [3.8, 4) is 0 Å². The molecule has 1 saturated heterocycles. The zero-order valence-electron chi connectivity index (χ0n) is 8.68. The Morgan fingerprint density at radius 2 is 2.25 bits per heavy atom. The summed E-state index contributed by atoms with van der Waals surface area (Å²) in [6.07, 6.45) is -0.264. The largest absolute Gasteiger partial charge is 0.481 e. The van der Waals surface area contributed by atoms with E-state index in [1.54, 1.807) is 0 Å². The van der Waals surface area contributed by atoms with Crippen LogP contribution in [0.1, 0.15) is 6.42 Å². The van der Waals surface area contributed by atoms with Crippen molar-refractivity contribution in [2.75, 3.05) is 26.3 Å². The number of amides is 1. The van der Waals surface area contributed by atoms with Gasteiger partial charge in [0.05, 0.1) is 19.6 Å². The van der Waals surface area contributed by atoms with E-state index in [4.69, 9.17) is 9.84 Å². The lowest BCUT2D eigenvalue weighted by Crippen LogP contribution is -2.46. The Hall–Kier alpha value is -1.63. The number of guanidine groups is 1. The zero-order chi connectivity index (χ0) is 11.5. The Morgan fingerprint density at radius 1 is 1.56 bits per heavy atom. The lowest BCUT2D eigenvalue weighted by Gasteiger charge is -2.27. The number of hydrogen-bond donors (Lipinski definition) is 2. The fourth-order valence-corrected chi connectivity index (χ4v) is 1.67. The molecule has 2 heterocycles. The van der Waals surface area contributed by atoms with E-state index < -0.39 is 12.0 Å². The minimum absolute atomic E-state index is 0.264. The van der Waals surface area contributed by atoms with Gasteiger partial charge in [-0.2, -0.15) is 0 Å². The summed E-state index contributed by atoms with van der Waals surface area (Å²) in [5, 5.41) is 11.2. The van der Waals surface area contributed by atoms with Gasteiger partial charge in [-0.25, -0.2) is 4.99 Å². The van der Waals surface area contributed by atoms with Gasteiger partial charge in [0, 0.05) is 13.1 Å². The molecule has 0 saturated carbocycles. The molecule has 2 aliphatic rings. The predicted octanol–water partition coefficient (Wildman–Crippen LogP) is -1.35. The molecule has 0 aliphatic carbocycles. The van der Waals surface area contributed by atoms with Gasteiger partial charge in [0.25, 0.3) is 5.91 Å². The Morgan fingerprint density at radius 3 is 2.88 bits per heavy atom. The molecule has 1 atom stereocenters. The number of hydrogen-bond acceptors (Lipinski definition) is 5. The average Bonchev–Trinajstić information content (AvgIpc) is 2.61. The molecule has 7 nitrogen and oxygen atoms in total. The maximum atomic E-state index is 11.4. The smallest absolute Gasteiger partial charge is 0.306 e. The van der Waals surface area contributed by atoms with Gasteiger partial charge in [-0.1, -0.05) is 0 Å². The van der Waals surface area contributed by atoms with Gasteiger partial charge in [-0.15, -0.1) is 0 Å². The summed E-state index contributed by atoms with van der Waals surface area (Å²) < 4.78 is 5.17. The van der Waals surface area contributed by atoms with E-state index >= 15 is 0 Å². The number of nitrogens with one attached hydrogen (secondary N) is 1. The zero-order valence-corrected chi connectivity index (χ0v) is 8.68. The van der Waals surface area contributed by atoms with Crippen LogP contribution in [0.25, 0.3) is 0 Å². The van der Waals surface area contributed by atoms with Crippen LogP contribution >= 0.6 is 0 Å². The number of rotatable bonds is 2. The Labute approximate surface area is 92.1 Å². The number of aliphatic imine (C=N–C) groups is 1. The molecule has 2 rings (SSSR count). The first-order valence-corrected chi connectivity index (χ1v) is 5.10. The first kappa shape index (κ1) is 10.9. The molecule has 1 unspecified atom stereocenters. The SMILES string of the molecule is O=C(O)CC1N=C(N2CCOCC2)NC1=O. The highest BCUT2D eigenvalue weighted by Gasteiger charge is 2.31. The second-order valence-corrected chi connectivity index (χ2v) is 3.66. The first-order valence-electron chi connectivity index (χ1n) is 5.10. The highest BCUT2D eigenvalue weighted by atomic mass is 16.5. The van der Waals surface area contributed by atoms with Crippen LogP contribution in [0, 0.1) is 0 Å². The molecule has 0 bridgehead atoms. The second kappa shape index (κ2) is 4.48. The minimum atomic E-state index is -1.02. The van der Waals surface area contributed by atoms with Crippen molar-refractivity contribution in [3.05, 3.63) is 0 Å². The van der Waals surface area contributed by atoms with Gasteiger partial charge in [0.15, 0.2) is 0 Å². The predicted molar refractivity (Wildman–Crippen MR) is 54.0 cm³/mol. The molecule has 88 valence electrons. The number of aliphatic carboxylic acids is 1. The maximum Gasteiger partial charge on any atom is 0.306 e. The van der Waals surface area contributed by atoms with Crippen molar-refractivity contribution in [2.45, 2.75) is 12.5 Å². The molecule has 1 fully saturated rings. The molecule has 2 aliphatic heterocycles. The van der Waals surface area contributed by atoms with Crippen LogP contribution in [-0.4, -0.2) is 60.2 Å². The number of morpholine rings is 1. The number of carbonyl (C=O) groups is 2. The van der Waals surface area contributed by atoms with E-state index in [-0.39, 0.29) is 12.3 Å². The van der Waals surface area contributed by atoms with Crippen LogP contribution in [0.5, 0.6) is 0 Å². The molecule has 0 aromatic heterocycles. The number of ether oxygens (including phenoxy) is 1. The second-order valence-electron chi connectivity index (χ2n) is 3.66. The summed E-state index contributed by atoms with van der Waals surface area (Å²) in [6, 6.07) is -0.796. The van der Waals surface area contributed by atoms with E-state index in [2.05, 4.69) is 10.3 Å². The van der Waals surface area contributed by atoms with Crippen molar-refractivity contribution >= 4 is 17.8 Å². The Bertz CT molecular complexity index is 336. The molecule has 2 N–H and O–H groups in total. The molecule has 0 aromatic rings. The number of nitrogens with zero attached hydrogens (tertiary/aromatic N) is 2. The summed E-state index contributed by atoms with van der Waals surface area (Å²) in [7, 11) is 0. The monoisotopic (exact) mass is 227 g/mol. The highest BCUT2D eigenvalue weighted by molar-refractivity contribution is 6.05. The Kier molecular flexibility index (Phi) is 3.04. The molecule has 0 aromatic carbocycles. The van der Waals surface area contributed by atoms with Crippen LogP contribution in [0.3, 0.4) is 0 Å². The molecular formula is C9H13N3O4. The van der Waals surface area contributed by atoms with E-state index in [9.17, 15) is 9.59 Å². The average molecular weight is 227 g/mol. The molecule has 0 radical (unpaired) electrons. The third-order valence-electron chi connectivity index (χ3n) is 2.49. The standard InChI is InChI=1S/C9H13N3O4/c13-7(14)5-6-8(15)11-9(10-6)12-1-3-16-4-2-12/h6H,1-5H2,(H,13,14)(H,10,11,15). The molecule has 0 spiro atoms. The summed E-state index contributed by atoms with van der Waals surface area (Å²) in [6.45, 7) is 2.52. The normalized spacial score (nSPS) is 25.2. The van der Waals surface area contributed by atoms with Crippen molar-refractivity contribution in [1.29, 1.82) is 0 Å². The van der Waals surface area contributed by atoms with Crippen LogP contribution < -0.4 is 5.32 Å². The van der Waals surface area contributed by atoms with Crippen LogP contribution in [0.4, 0.5) is 0 Å². The molecular weight excluding hydrogens is 214 g/mol. The van der Waals surface area contributed by atoms with E-state index in [0.29, 0.717) is 32.3 Å². The van der Waals surface area contributed by atoms with Crippen LogP contribution in [-0.2, 0) is 14.3 Å². The van der Waals surface area contributed by atoms with Gasteiger partial charge < -0.3 is 14.7 Å². The van der Waals surface area contributed by atoms with Crippen molar-refractivity contribution in [3.63, 3.8) is 0 Å². The summed E-state index contributed by atoms with van der Waals surface area (Å²) >= 11 is 0. The van der Waals surface area contributed by atoms with Gasteiger partial charge >= 0.3 is 5.97 Å². The summed E-state index contributed by atoms with van der Waals surface area (Å²) in [5.74, 6) is -0.893. The van der Waals surface area contributed by atoms with Crippen LogP contribution in [0.15, 0.2) is 4.99 Å². The van der Waals surface area contributed by atoms with Gasteiger partial charge in [-0.05, 0) is 0 Å². The fraction of sp³-hybridized carbons (Fsp3) is 0.667. The van der Waals surface area contributed by atoms with E-state index in [1.807, 2.05) is 4.90 Å². The third kappa shape index (κ3) is 2.30. The molecule has 1 amide bonds. The minimum Gasteiger partial charge on any atom is -0.481 e. The first-order chi connectivity index (χ1) is 7.66. The number of carboxylic acids is 1. The third-order valence-corrected chi connectivity index (χ3v) is 2.49. The van der Waals surface area contributed by atoms with E-state index in [0.717, 1.165) is 0 Å². The summed E-state index contributed by atoms with van der Waals surface area (Å²) in [5.41, 5.74) is 0.